The minimum absolute atomic E-state index is 0.0403. The summed E-state index contributed by atoms with van der Waals surface area (Å²) in [5.74, 6) is 0.962. The highest BCUT2D eigenvalue weighted by atomic mass is 15.5. The molecule has 0 aliphatic heterocycles. The molecular formula is C8H16N4. The molecule has 0 amide bonds. The van der Waals surface area contributed by atoms with Crippen LogP contribution in [0.1, 0.15) is 39.9 Å². The van der Waals surface area contributed by atoms with Gasteiger partial charge >= 0.3 is 0 Å². The molecule has 4 heteroatoms. The van der Waals surface area contributed by atoms with Gasteiger partial charge in [0.05, 0.1) is 0 Å². The number of aromatic nitrogens is 4. The lowest BCUT2D eigenvalue weighted by Crippen LogP contribution is -2.19. The predicted molar refractivity (Wildman–Crippen MR) is 46.8 cm³/mol. The lowest BCUT2D eigenvalue weighted by atomic mass is 9.96. The Morgan fingerprint density at radius 1 is 1.33 bits per heavy atom. The van der Waals surface area contributed by atoms with Crippen molar-refractivity contribution in [2.75, 3.05) is 0 Å². The molecule has 1 rings (SSSR count). The fourth-order valence-electron chi connectivity index (χ4n) is 1.10. The van der Waals surface area contributed by atoms with E-state index in [1.54, 1.807) is 0 Å². The van der Waals surface area contributed by atoms with Crippen LogP contribution in [0.5, 0.6) is 0 Å². The highest BCUT2D eigenvalue weighted by Crippen LogP contribution is 2.18. The summed E-state index contributed by atoms with van der Waals surface area (Å²) in [6, 6.07) is 0. The fraction of sp³-hybridized carbons (Fsp3) is 0.875. The van der Waals surface area contributed by atoms with Crippen molar-refractivity contribution >= 4 is 0 Å². The Morgan fingerprint density at radius 2 is 2.00 bits per heavy atom. The molecule has 0 atom stereocenters. The van der Waals surface area contributed by atoms with E-state index >= 15 is 0 Å². The van der Waals surface area contributed by atoms with Crippen molar-refractivity contribution in [1.29, 1.82) is 0 Å². The number of hydrogen-bond donors (Lipinski definition) is 0. The first kappa shape index (κ1) is 9.16. The summed E-state index contributed by atoms with van der Waals surface area (Å²) in [6.07, 6.45) is 1.06. The van der Waals surface area contributed by atoms with Crippen molar-refractivity contribution in [3.8, 4) is 0 Å². The largest absolute Gasteiger partial charge is 0.229 e. The minimum atomic E-state index is 0.0403. The van der Waals surface area contributed by atoms with Crippen LogP contribution in [0.15, 0.2) is 0 Å². The Morgan fingerprint density at radius 3 is 2.50 bits per heavy atom. The van der Waals surface area contributed by atoms with E-state index in [4.69, 9.17) is 0 Å². The van der Waals surface area contributed by atoms with Gasteiger partial charge in [-0.3, -0.25) is 0 Å². The number of tetrazole rings is 1. The molecule has 0 unspecified atom stereocenters. The molecule has 0 aromatic carbocycles. The monoisotopic (exact) mass is 168 g/mol. The maximum absolute atomic E-state index is 4.01. The van der Waals surface area contributed by atoms with Gasteiger partial charge in [-0.1, -0.05) is 27.7 Å². The zero-order valence-corrected chi connectivity index (χ0v) is 8.20. The van der Waals surface area contributed by atoms with Gasteiger partial charge in [0, 0.05) is 12.0 Å². The lowest BCUT2D eigenvalue weighted by Gasteiger charge is -2.16. The SMILES string of the molecule is CCCn1nnnc1C(C)(C)C. The molecule has 1 heterocycles. The molecule has 0 aliphatic rings. The number of aryl methyl sites for hydroxylation is 1. The average molecular weight is 168 g/mol. The first-order chi connectivity index (χ1) is 5.55. The Bertz CT molecular complexity index is 246. The molecule has 0 aliphatic carbocycles. The summed E-state index contributed by atoms with van der Waals surface area (Å²) >= 11 is 0. The standard InChI is InChI=1S/C8H16N4/c1-5-6-12-7(8(2,3)4)9-10-11-12/h5-6H2,1-4H3. The zero-order valence-electron chi connectivity index (χ0n) is 8.20. The first-order valence-electron chi connectivity index (χ1n) is 4.32. The summed E-state index contributed by atoms with van der Waals surface area (Å²) < 4.78 is 1.88. The third-order valence-corrected chi connectivity index (χ3v) is 1.64. The second-order valence-electron chi connectivity index (χ2n) is 3.98. The minimum Gasteiger partial charge on any atom is -0.229 e. The number of nitrogens with zero attached hydrogens (tertiary/aromatic N) is 4. The van der Waals surface area contributed by atoms with Crippen LogP contribution in [0.3, 0.4) is 0 Å². The van der Waals surface area contributed by atoms with E-state index in [1.807, 2.05) is 4.68 Å². The van der Waals surface area contributed by atoms with Gasteiger partial charge in [-0.2, -0.15) is 0 Å². The van der Waals surface area contributed by atoms with Crippen LogP contribution >= 0.6 is 0 Å². The maximum atomic E-state index is 4.01. The van der Waals surface area contributed by atoms with Crippen LogP contribution in [0.25, 0.3) is 0 Å². The van der Waals surface area contributed by atoms with E-state index in [1.165, 1.54) is 0 Å². The molecule has 1 aromatic heterocycles. The molecule has 0 radical (unpaired) electrons. The Labute approximate surface area is 73.0 Å². The van der Waals surface area contributed by atoms with Crippen LogP contribution in [0, 0.1) is 0 Å². The van der Waals surface area contributed by atoms with Crippen LogP contribution in [0.2, 0.25) is 0 Å². The van der Waals surface area contributed by atoms with E-state index in [0.29, 0.717) is 0 Å². The van der Waals surface area contributed by atoms with Crippen LogP contribution < -0.4 is 0 Å². The summed E-state index contributed by atoms with van der Waals surface area (Å²) in [7, 11) is 0. The van der Waals surface area contributed by atoms with Gasteiger partial charge in [-0.15, -0.1) is 5.10 Å². The maximum Gasteiger partial charge on any atom is 0.156 e. The van der Waals surface area contributed by atoms with Crippen molar-refractivity contribution in [2.24, 2.45) is 0 Å². The van der Waals surface area contributed by atoms with E-state index in [-0.39, 0.29) is 5.41 Å². The molecule has 0 bridgehead atoms. The third kappa shape index (κ3) is 1.81. The topological polar surface area (TPSA) is 43.6 Å². The van der Waals surface area contributed by atoms with Crippen LogP contribution in [0.4, 0.5) is 0 Å². The molecule has 68 valence electrons. The van der Waals surface area contributed by atoms with Gasteiger partial charge in [-0.05, 0) is 16.8 Å². The van der Waals surface area contributed by atoms with Crippen molar-refractivity contribution in [1.82, 2.24) is 20.2 Å². The van der Waals surface area contributed by atoms with E-state index in [2.05, 4.69) is 43.2 Å². The number of rotatable bonds is 2. The van der Waals surface area contributed by atoms with E-state index in [9.17, 15) is 0 Å². The first-order valence-corrected chi connectivity index (χ1v) is 4.32. The van der Waals surface area contributed by atoms with Gasteiger partial charge in [-0.25, -0.2) is 4.68 Å². The van der Waals surface area contributed by atoms with Crippen molar-refractivity contribution < 1.29 is 0 Å². The zero-order chi connectivity index (χ0) is 9.19. The number of hydrogen-bond acceptors (Lipinski definition) is 3. The Hall–Kier alpha value is -0.930. The molecular weight excluding hydrogens is 152 g/mol. The third-order valence-electron chi connectivity index (χ3n) is 1.64. The summed E-state index contributed by atoms with van der Waals surface area (Å²) in [5, 5.41) is 11.6. The molecule has 0 spiro atoms. The molecule has 0 N–H and O–H groups in total. The Balaban J connectivity index is 2.91. The lowest BCUT2D eigenvalue weighted by molar-refractivity contribution is 0.468. The normalized spacial score (nSPS) is 12.0. The molecule has 0 saturated carbocycles. The molecule has 0 saturated heterocycles. The van der Waals surface area contributed by atoms with Crippen molar-refractivity contribution in [2.45, 2.75) is 46.1 Å². The van der Waals surface area contributed by atoms with Gasteiger partial charge in [0.15, 0.2) is 5.82 Å². The fourth-order valence-corrected chi connectivity index (χ4v) is 1.10. The van der Waals surface area contributed by atoms with Crippen LogP contribution in [-0.2, 0) is 12.0 Å². The molecule has 4 nitrogen and oxygen atoms in total. The smallest absolute Gasteiger partial charge is 0.156 e. The second-order valence-corrected chi connectivity index (χ2v) is 3.98. The van der Waals surface area contributed by atoms with Crippen LogP contribution in [-0.4, -0.2) is 20.2 Å². The van der Waals surface area contributed by atoms with Gasteiger partial charge in [0.2, 0.25) is 0 Å². The highest BCUT2D eigenvalue weighted by molar-refractivity contribution is 4.98. The summed E-state index contributed by atoms with van der Waals surface area (Å²) in [4.78, 5) is 0. The van der Waals surface area contributed by atoms with E-state index < -0.39 is 0 Å². The predicted octanol–water partition coefficient (Wildman–Crippen LogP) is 1.38. The second kappa shape index (κ2) is 3.21. The quantitative estimate of drug-likeness (QED) is 0.670. The highest BCUT2D eigenvalue weighted by Gasteiger charge is 2.21. The average Bonchev–Trinajstić information content (AvgIpc) is 2.34. The van der Waals surface area contributed by atoms with Gasteiger partial charge in [0.1, 0.15) is 0 Å². The Kier molecular flexibility index (Phi) is 2.45. The van der Waals surface area contributed by atoms with E-state index in [0.717, 1.165) is 18.8 Å². The summed E-state index contributed by atoms with van der Waals surface area (Å²) in [6.45, 7) is 9.37. The van der Waals surface area contributed by atoms with Gasteiger partial charge < -0.3 is 0 Å². The molecule has 1 aromatic rings. The molecule has 12 heavy (non-hydrogen) atoms. The summed E-state index contributed by atoms with van der Waals surface area (Å²) in [5.41, 5.74) is 0.0403. The molecule has 0 fully saturated rings. The van der Waals surface area contributed by atoms with Crippen molar-refractivity contribution in [3.63, 3.8) is 0 Å². The van der Waals surface area contributed by atoms with Crippen molar-refractivity contribution in [3.05, 3.63) is 5.82 Å². The van der Waals surface area contributed by atoms with Gasteiger partial charge in [0.25, 0.3) is 0 Å².